The number of aromatic nitrogens is 1. The van der Waals surface area contributed by atoms with E-state index in [-0.39, 0.29) is 23.3 Å². The predicted molar refractivity (Wildman–Crippen MR) is 152 cm³/mol. The third kappa shape index (κ3) is 5.13. The number of nitrogens with one attached hydrogen (secondary N) is 1. The zero-order valence-electron chi connectivity index (χ0n) is 22.5. The van der Waals surface area contributed by atoms with Crippen LogP contribution in [0, 0.1) is 11.2 Å². The highest BCUT2D eigenvalue weighted by Crippen LogP contribution is 2.48. The highest BCUT2D eigenvalue weighted by Gasteiger charge is 2.57. The van der Waals surface area contributed by atoms with Crippen LogP contribution < -0.4 is 15.0 Å². The Morgan fingerprint density at radius 3 is 2.35 bits per heavy atom. The Hall–Kier alpha value is -4.35. The van der Waals surface area contributed by atoms with Crippen molar-refractivity contribution in [3.05, 3.63) is 77.6 Å². The molecule has 0 atom stereocenters. The molecule has 1 aliphatic carbocycles. The van der Waals surface area contributed by atoms with Crippen molar-refractivity contribution in [3.8, 4) is 11.5 Å². The number of fused-ring (bicyclic) bond motifs is 1. The van der Waals surface area contributed by atoms with Crippen molar-refractivity contribution < 1.29 is 23.5 Å². The molecule has 2 aromatic heterocycles. The minimum atomic E-state index is -1.17. The summed E-state index contributed by atoms with van der Waals surface area (Å²) in [6, 6.07) is 16.5. The van der Waals surface area contributed by atoms with Crippen LogP contribution in [0.4, 0.5) is 15.8 Å². The number of benzene rings is 2. The van der Waals surface area contributed by atoms with Gasteiger partial charge in [0.2, 0.25) is 11.8 Å². The number of carbonyl (C=O) groups is 3. The van der Waals surface area contributed by atoms with E-state index in [1.165, 1.54) is 39.6 Å². The summed E-state index contributed by atoms with van der Waals surface area (Å²) in [6.45, 7) is 0. The van der Waals surface area contributed by atoms with Gasteiger partial charge < -0.3 is 15.0 Å². The molecule has 1 N–H and O–H groups in total. The number of anilines is 2. The van der Waals surface area contributed by atoms with Crippen molar-refractivity contribution in [3.63, 3.8) is 0 Å². The van der Waals surface area contributed by atoms with Crippen LogP contribution in [-0.4, -0.2) is 60.9 Å². The summed E-state index contributed by atoms with van der Waals surface area (Å²) in [5.74, 6) is -1.37. The van der Waals surface area contributed by atoms with E-state index in [4.69, 9.17) is 4.74 Å². The van der Waals surface area contributed by atoms with Gasteiger partial charge >= 0.3 is 0 Å². The van der Waals surface area contributed by atoms with Crippen LogP contribution in [0.2, 0.25) is 0 Å². The molecule has 0 aliphatic heterocycles. The number of nitrogens with zero attached hydrogens (tertiary/aromatic N) is 4. The van der Waals surface area contributed by atoms with Gasteiger partial charge in [0.05, 0.1) is 15.1 Å². The molecule has 11 heteroatoms. The summed E-state index contributed by atoms with van der Waals surface area (Å²) in [5.41, 5.74) is 0.291. The monoisotopic (exact) mass is 561 g/mol. The molecule has 2 aromatic carbocycles. The molecule has 9 nitrogen and oxygen atoms in total. The molecule has 0 radical (unpaired) electrons. The Kier molecular flexibility index (Phi) is 7.26. The first-order valence-corrected chi connectivity index (χ1v) is 13.4. The van der Waals surface area contributed by atoms with Crippen LogP contribution in [0.25, 0.3) is 10.2 Å². The Balaban J connectivity index is 1.31. The molecule has 1 saturated carbocycles. The normalized spacial score (nSPS) is 13.7. The summed E-state index contributed by atoms with van der Waals surface area (Å²) < 4.78 is 21.6. The number of hydrazine groups is 1. The van der Waals surface area contributed by atoms with E-state index >= 15 is 4.39 Å². The lowest BCUT2D eigenvalue weighted by Crippen LogP contribution is -2.41. The number of thiophene rings is 1. The van der Waals surface area contributed by atoms with E-state index in [0.717, 1.165) is 6.07 Å². The maximum Gasteiger partial charge on any atom is 0.278 e. The molecule has 0 bridgehead atoms. The number of hydrogen-bond donors (Lipinski definition) is 1. The van der Waals surface area contributed by atoms with Gasteiger partial charge in [0, 0.05) is 57.9 Å². The van der Waals surface area contributed by atoms with Crippen LogP contribution >= 0.6 is 11.3 Å². The van der Waals surface area contributed by atoms with E-state index in [2.05, 4.69) is 10.3 Å². The third-order valence-electron chi connectivity index (χ3n) is 6.93. The molecule has 5 rings (SSSR count). The maximum absolute atomic E-state index is 15.1. The highest BCUT2D eigenvalue weighted by molar-refractivity contribution is 7.21. The summed E-state index contributed by atoms with van der Waals surface area (Å²) in [7, 11) is 6.83. The van der Waals surface area contributed by atoms with Crippen LogP contribution in [0.1, 0.15) is 22.5 Å². The first kappa shape index (κ1) is 27.2. The SMILES string of the molecule is CN(C(=O)C1(C(=O)Nc2ccc(Oc3ccnc4cc(C(=O)N(C)N(C)C)sc34)c(F)c2)CC1)c1ccccc1. The Labute approximate surface area is 234 Å². The molecular weight excluding hydrogens is 533 g/mol. The zero-order valence-corrected chi connectivity index (χ0v) is 23.3. The first-order chi connectivity index (χ1) is 19.1. The molecule has 2 heterocycles. The van der Waals surface area contributed by atoms with E-state index in [1.54, 1.807) is 57.5 Å². The number of ether oxygens (including phenoxy) is 1. The van der Waals surface area contributed by atoms with Crippen molar-refractivity contribution >= 4 is 50.6 Å². The fourth-order valence-corrected chi connectivity index (χ4v) is 5.26. The molecular formula is C29H28FN5O4S. The standard InChI is InChI=1S/C29H28FN5O4S/c1-33(2)35(4)26(36)24-17-21-25(40-24)23(12-15-31-21)39-22-11-10-18(16-20(22)30)32-27(37)29(13-14-29)28(38)34(3)19-8-6-5-7-9-19/h5-12,15-17H,13-14H2,1-4H3,(H,32,37). The Morgan fingerprint density at radius 2 is 1.70 bits per heavy atom. The van der Waals surface area contributed by atoms with Crippen LogP contribution in [0.3, 0.4) is 0 Å². The van der Waals surface area contributed by atoms with Gasteiger partial charge in [-0.05, 0) is 43.2 Å². The maximum atomic E-state index is 15.1. The molecule has 40 heavy (non-hydrogen) atoms. The molecule has 3 amide bonds. The molecule has 0 saturated heterocycles. The minimum absolute atomic E-state index is 0.0572. The lowest BCUT2D eigenvalue weighted by atomic mass is 10.0. The van der Waals surface area contributed by atoms with Gasteiger partial charge in [-0.25, -0.2) is 9.40 Å². The third-order valence-corrected chi connectivity index (χ3v) is 8.06. The van der Waals surface area contributed by atoms with Crippen molar-refractivity contribution in [2.24, 2.45) is 5.41 Å². The van der Waals surface area contributed by atoms with Crippen molar-refractivity contribution in [1.29, 1.82) is 0 Å². The van der Waals surface area contributed by atoms with Crippen molar-refractivity contribution in [2.45, 2.75) is 12.8 Å². The van der Waals surface area contributed by atoms with Gasteiger partial charge in [-0.1, -0.05) is 18.2 Å². The quantitative estimate of drug-likeness (QED) is 0.236. The fraction of sp³-hybridized carbons (Fsp3) is 0.241. The number of carbonyl (C=O) groups excluding carboxylic acids is 3. The average molecular weight is 562 g/mol. The molecule has 0 spiro atoms. The second kappa shape index (κ2) is 10.7. The number of amides is 3. The molecule has 206 valence electrons. The lowest BCUT2D eigenvalue weighted by Gasteiger charge is -2.23. The number of pyridine rings is 1. The second-order valence-electron chi connectivity index (χ2n) is 9.79. The number of halogens is 1. The van der Waals surface area contributed by atoms with E-state index in [1.807, 2.05) is 18.2 Å². The van der Waals surface area contributed by atoms with Gasteiger partial charge in [-0.3, -0.25) is 24.4 Å². The van der Waals surface area contributed by atoms with Crippen LogP contribution in [-0.2, 0) is 9.59 Å². The highest BCUT2D eigenvalue weighted by atomic mass is 32.1. The van der Waals surface area contributed by atoms with Crippen LogP contribution in [0.5, 0.6) is 11.5 Å². The first-order valence-electron chi connectivity index (χ1n) is 12.6. The molecule has 0 unspecified atom stereocenters. The van der Waals surface area contributed by atoms with Gasteiger partial charge in [-0.15, -0.1) is 11.3 Å². The summed E-state index contributed by atoms with van der Waals surface area (Å²) in [6.07, 6.45) is 2.37. The molecule has 4 aromatic rings. The van der Waals surface area contributed by atoms with Gasteiger partial charge in [-0.2, -0.15) is 0 Å². The van der Waals surface area contributed by atoms with Crippen molar-refractivity contribution in [1.82, 2.24) is 15.0 Å². The topological polar surface area (TPSA) is 95.1 Å². The van der Waals surface area contributed by atoms with Gasteiger partial charge in [0.1, 0.15) is 11.2 Å². The molecule has 1 fully saturated rings. The zero-order chi connectivity index (χ0) is 28.6. The Morgan fingerprint density at radius 1 is 0.975 bits per heavy atom. The summed E-state index contributed by atoms with van der Waals surface area (Å²) >= 11 is 1.21. The van der Waals surface area contributed by atoms with E-state index < -0.39 is 17.1 Å². The van der Waals surface area contributed by atoms with Gasteiger partial charge in [0.25, 0.3) is 5.91 Å². The van der Waals surface area contributed by atoms with Gasteiger partial charge in [0.15, 0.2) is 11.6 Å². The number of hydrogen-bond acceptors (Lipinski definition) is 7. The smallest absolute Gasteiger partial charge is 0.278 e. The van der Waals surface area contributed by atoms with Crippen LogP contribution in [0.15, 0.2) is 66.9 Å². The second-order valence-corrected chi connectivity index (χ2v) is 10.8. The largest absolute Gasteiger partial charge is 0.453 e. The summed E-state index contributed by atoms with van der Waals surface area (Å²) in [5, 5.41) is 5.82. The molecule has 1 aliphatic rings. The minimum Gasteiger partial charge on any atom is -0.453 e. The van der Waals surface area contributed by atoms with E-state index in [0.29, 0.717) is 39.4 Å². The fourth-order valence-electron chi connectivity index (χ4n) is 4.23. The number of rotatable bonds is 8. The van der Waals surface area contributed by atoms with E-state index in [9.17, 15) is 14.4 Å². The Bertz CT molecular complexity index is 1600. The summed E-state index contributed by atoms with van der Waals surface area (Å²) in [4.78, 5) is 45.2. The lowest BCUT2D eigenvalue weighted by molar-refractivity contribution is -0.132. The van der Waals surface area contributed by atoms with Crippen molar-refractivity contribution in [2.75, 3.05) is 38.4 Å². The number of para-hydroxylation sites is 1. The predicted octanol–water partition coefficient (Wildman–Crippen LogP) is 5.16. The average Bonchev–Trinajstić information content (AvgIpc) is 3.65.